The van der Waals surface area contributed by atoms with E-state index in [0.29, 0.717) is 37.6 Å². The number of halogens is 2. The molecule has 0 unspecified atom stereocenters. The minimum atomic E-state index is -0.785. The number of thioether (sulfide) groups is 1. The van der Waals surface area contributed by atoms with Crippen LogP contribution >= 0.6 is 50.6 Å². The third-order valence-electron chi connectivity index (χ3n) is 6.91. The van der Waals surface area contributed by atoms with Crippen LogP contribution in [0.5, 0.6) is 5.75 Å². The van der Waals surface area contributed by atoms with Gasteiger partial charge in [-0.3, -0.25) is 19.2 Å². The van der Waals surface area contributed by atoms with Crippen molar-refractivity contribution in [1.82, 2.24) is 4.98 Å². The Bertz CT molecular complexity index is 1740. The molecule has 3 aromatic carbocycles. The molecule has 1 aromatic heterocycles. The Morgan fingerprint density at radius 1 is 1.05 bits per heavy atom. The SMILES string of the molecule is Cc1ccc(N2C(=O)[C@H]3[C@H](c4cc(Br)ccc4OCC(=O)Nc4ccc(Cl)cc4)c4sc(=O)[nH]c4S[C@H]3C2=O)cc1. The van der Waals surface area contributed by atoms with Crippen LogP contribution in [0.1, 0.15) is 21.9 Å². The van der Waals surface area contributed by atoms with Crippen molar-refractivity contribution in [2.75, 3.05) is 16.8 Å². The molecule has 4 aromatic rings. The molecule has 3 amide bonds. The molecule has 8 nitrogen and oxygen atoms in total. The second-order valence-corrected chi connectivity index (χ2v) is 13.1. The Morgan fingerprint density at radius 3 is 2.51 bits per heavy atom. The van der Waals surface area contributed by atoms with E-state index < -0.39 is 17.1 Å². The highest BCUT2D eigenvalue weighted by Gasteiger charge is 2.56. The maximum atomic E-state index is 14.0. The Hall–Kier alpha value is -3.38. The second-order valence-electron chi connectivity index (χ2n) is 9.62. The molecule has 1 fully saturated rings. The highest BCUT2D eigenvalue weighted by Crippen LogP contribution is 2.54. The molecule has 6 rings (SSSR count). The van der Waals surface area contributed by atoms with Gasteiger partial charge in [0, 0.05) is 31.5 Å². The van der Waals surface area contributed by atoms with Crippen LogP contribution in [-0.4, -0.2) is 34.6 Å². The number of amides is 3. The molecular formula is C29H21BrClN3O5S2. The average molecular weight is 671 g/mol. The lowest BCUT2D eigenvalue weighted by Crippen LogP contribution is -2.32. The first-order chi connectivity index (χ1) is 19.7. The number of aromatic nitrogens is 1. The predicted molar refractivity (Wildman–Crippen MR) is 163 cm³/mol. The van der Waals surface area contributed by atoms with Gasteiger partial charge in [-0.15, -0.1) is 0 Å². The minimum Gasteiger partial charge on any atom is -0.483 e. The molecule has 0 bridgehead atoms. The van der Waals surface area contributed by atoms with Gasteiger partial charge in [-0.05, 0) is 61.5 Å². The topological polar surface area (TPSA) is 109 Å². The van der Waals surface area contributed by atoms with Crippen LogP contribution < -0.4 is 19.8 Å². The zero-order valence-corrected chi connectivity index (χ0v) is 25.3. The van der Waals surface area contributed by atoms with Crippen LogP contribution in [0.4, 0.5) is 11.4 Å². The summed E-state index contributed by atoms with van der Waals surface area (Å²) < 4.78 is 6.72. The molecule has 3 heterocycles. The molecule has 0 saturated carbocycles. The van der Waals surface area contributed by atoms with E-state index in [-0.39, 0.29) is 29.2 Å². The van der Waals surface area contributed by atoms with E-state index in [1.807, 2.05) is 25.1 Å². The Balaban J connectivity index is 1.36. The van der Waals surface area contributed by atoms with E-state index in [2.05, 4.69) is 26.2 Å². The van der Waals surface area contributed by atoms with Crippen molar-refractivity contribution >= 4 is 79.7 Å². The summed E-state index contributed by atoms with van der Waals surface area (Å²) in [6.45, 7) is 1.63. The van der Waals surface area contributed by atoms with Crippen LogP contribution in [0.15, 0.2) is 81.0 Å². The van der Waals surface area contributed by atoms with Crippen molar-refractivity contribution in [2.24, 2.45) is 5.92 Å². The molecule has 2 aliphatic heterocycles. The van der Waals surface area contributed by atoms with E-state index in [1.165, 1.54) is 16.7 Å². The molecular weight excluding hydrogens is 650 g/mol. The molecule has 12 heteroatoms. The zero-order chi connectivity index (χ0) is 28.8. The summed E-state index contributed by atoms with van der Waals surface area (Å²) in [5.74, 6) is -2.14. The molecule has 0 aliphatic carbocycles. The fourth-order valence-corrected chi connectivity index (χ4v) is 8.08. The summed E-state index contributed by atoms with van der Waals surface area (Å²) in [6.07, 6.45) is 0. The highest BCUT2D eigenvalue weighted by molar-refractivity contribution is 9.10. The predicted octanol–water partition coefficient (Wildman–Crippen LogP) is 5.97. The summed E-state index contributed by atoms with van der Waals surface area (Å²) in [7, 11) is 0. The van der Waals surface area contributed by atoms with Crippen molar-refractivity contribution in [2.45, 2.75) is 23.1 Å². The van der Waals surface area contributed by atoms with Crippen LogP contribution in [0.3, 0.4) is 0 Å². The van der Waals surface area contributed by atoms with E-state index in [1.54, 1.807) is 48.5 Å². The van der Waals surface area contributed by atoms with Gasteiger partial charge in [-0.2, -0.15) is 0 Å². The van der Waals surface area contributed by atoms with E-state index in [0.717, 1.165) is 21.4 Å². The quantitative estimate of drug-likeness (QED) is 0.245. The Kier molecular flexibility index (Phi) is 7.54. The van der Waals surface area contributed by atoms with Crippen LogP contribution in [0, 0.1) is 12.8 Å². The van der Waals surface area contributed by atoms with Gasteiger partial charge in [0.2, 0.25) is 11.8 Å². The minimum absolute atomic E-state index is 0.275. The number of carbonyl (C=O) groups excluding carboxylic acids is 3. The maximum absolute atomic E-state index is 14.0. The number of benzene rings is 3. The third-order valence-corrected chi connectivity index (χ3v) is 10.1. The number of carbonyl (C=O) groups is 3. The molecule has 0 radical (unpaired) electrons. The number of imide groups is 1. The number of nitrogens with one attached hydrogen (secondary N) is 2. The van der Waals surface area contributed by atoms with Gasteiger partial charge < -0.3 is 15.0 Å². The number of aromatic amines is 1. The highest BCUT2D eigenvalue weighted by atomic mass is 79.9. The second kappa shape index (κ2) is 11.1. The monoisotopic (exact) mass is 669 g/mol. The maximum Gasteiger partial charge on any atom is 0.305 e. The Morgan fingerprint density at radius 2 is 1.78 bits per heavy atom. The zero-order valence-electron chi connectivity index (χ0n) is 21.4. The molecule has 208 valence electrons. The van der Waals surface area contributed by atoms with Crippen molar-refractivity contribution < 1.29 is 19.1 Å². The number of hydrogen-bond acceptors (Lipinski definition) is 7. The number of rotatable bonds is 6. The van der Waals surface area contributed by atoms with Crippen molar-refractivity contribution in [3.05, 3.63) is 102 Å². The van der Waals surface area contributed by atoms with Crippen molar-refractivity contribution in [3.63, 3.8) is 0 Å². The number of aryl methyl sites for hydroxylation is 1. The number of thiazole rings is 1. The van der Waals surface area contributed by atoms with Crippen LogP contribution in [0.25, 0.3) is 0 Å². The molecule has 0 spiro atoms. The molecule has 3 atom stereocenters. The number of ether oxygens (including phenoxy) is 1. The third kappa shape index (κ3) is 5.34. The molecule has 2 N–H and O–H groups in total. The fourth-order valence-electron chi connectivity index (χ4n) is 5.07. The molecule has 2 aliphatic rings. The number of hydrogen-bond donors (Lipinski definition) is 2. The fraction of sp³-hybridized carbons (Fsp3) is 0.172. The van der Waals surface area contributed by atoms with E-state index in [4.69, 9.17) is 16.3 Å². The van der Waals surface area contributed by atoms with Gasteiger partial charge in [-0.25, -0.2) is 4.90 Å². The summed E-state index contributed by atoms with van der Waals surface area (Å²) in [6, 6.07) is 19.2. The van der Waals surface area contributed by atoms with Crippen molar-refractivity contribution in [1.29, 1.82) is 0 Å². The van der Waals surface area contributed by atoms with Gasteiger partial charge in [0.15, 0.2) is 6.61 Å². The Labute approximate surface area is 256 Å². The normalized spacial score (nSPS) is 19.6. The first-order valence-corrected chi connectivity index (χ1v) is 15.4. The summed E-state index contributed by atoms with van der Waals surface area (Å²) in [5.41, 5.74) is 2.67. The van der Waals surface area contributed by atoms with Gasteiger partial charge in [0.25, 0.3) is 5.91 Å². The number of anilines is 2. The summed E-state index contributed by atoms with van der Waals surface area (Å²) >= 11 is 11.7. The lowest BCUT2D eigenvalue weighted by Gasteiger charge is -2.31. The van der Waals surface area contributed by atoms with E-state index in [9.17, 15) is 19.2 Å². The average Bonchev–Trinajstić information content (AvgIpc) is 3.44. The van der Waals surface area contributed by atoms with Gasteiger partial charge in [0.05, 0.1) is 16.6 Å². The number of nitrogens with zero attached hydrogens (tertiary/aromatic N) is 1. The molecule has 41 heavy (non-hydrogen) atoms. The van der Waals surface area contributed by atoms with Gasteiger partial charge in [0.1, 0.15) is 11.0 Å². The van der Waals surface area contributed by atoms with Gasteiger partial charge in [-0.1, -0.05) is 68.3 Å². The number of fused-ring (bicyclic) bond motifs is 2. The van der Waals surface area contributed by atoms with Crippen molar-refractivity contribution in [3.8, 4) is 5.75 Å². The standard InChI is InChI=1S/C29H21BrClN3O5S2/c1-14-2-9-18(10-3-14)34-27(36)23-22(24-26(33-29(38)41-24)40-25(23)28(34)37)19-12-15(30)4-11-20(19)39-13-21(35)32-17-7-5-16(31)6-8-17/h2-12,22-23,25H,13H2,1H3,(H,32,35)(H,33,38)/t22-,23-,25+/m0/s1. The largest absolute Gasteiger partial charge is 0.483 e. The smallest absolute Gasteiger partial charge is 0.305 e. The summed E-state index contributed by atoms with van der Waals surface area (Å²) in [5, 5.41) is 3.13. The van der Waals surface area contributed by atoms with Crippen LogP contribution in [0.2, 0.25) is 5.02 Å². The van der Waals surface area contributed by atoms with Gasteiger partial charge >= 0.3 is 4.87 Å². The lowest BCUT2D eigenvalue weighted by atomic mass is 9.82. The summed E-state index contributed by atoms with van der Waals surface area (Å²) in [4.78, 5) is 57.3. The molecule has 1 saturated heterocycles. The lowest BCUT2D eigenvalue weighted by molar-refractivity contribution is -0.122. The first-order valence-electron chi connectivity index (χ1n) is 12.5. The number of H-pyrrole nitrogens is 1. The van der Waals surface area contributed by atoms with Crippen LogP contribution in [-0.2, 0) is 14.4 Å². The van der Waals surface area contributed by atoms with E-state index >= 15 is 0 Å². The first kappa shape index (κ1) is 27.8.